The molecule has 0 unspecified atom stereocenters. The summed E-state index contributed by atoms with van der Waals surface area (Å²) in [5, 5.41) is 6.22. The maximum absolute atomic E-state index is 12.3. The Balaban J connectivity index is 1.89. The van der Waals surface area contributed by atoms with Gasteiger partial charge in [-0.15, -0.1) is 0 Å². The zero-order chi connectivity index (χ0) is 18.4. The molecule has 3 aromatic rings. The molecular formula is C22H20N2O2. The van der Waals surface area contributed by atoms with Crippen molar-refractivity contribution in [3.63, 3.8) is 0 Å². The number of aryl methyl sites for hydroxylation is 1. The normalized spacial score (nSPS) is 10.8. The molecule has 0 heterocycles. The van der Waals surface area contributed by atoms with Crippen LogP contribution in [0.1, 0.15) is 21.5 Å². The van der Waals surface area contributed by atoms with Gasteiger partial charge in [0.05, 0.1) is 6.21 Å². The monoisotopic (exact) mass is 344 g/mol. The van der Waals surface area contributed by atoms with Crippen molar-refractivity contribution in [3.05, 3.63) is 90.0 Å². The first-order valence-electron chi connectivity index (χ1n) is 8.35. The third-order valence-electron chi connectivity index (χ3n) is 4.04. The highest BCUT2D eigenvalue weighted by Gasteiger charge is 2.09. The molecule has 3 aromatic carbocycles. The lowest BCUT2D eigenvalue weighted by molar-refractivity contribution is 0.0954. The second-order valence-electron chi connectivity index (χ2n) is 5.81. The van der Waals surface area contributed by atoms with E-state index in [1.807, 2.05) is 61.5 Å². The van der Waals surface area contributed by atoms with E-state index < -0.39 is 0 Å². The molecule has 0 aliphatic rings. The summed E-state index contributed by atoms with van der Waals surface area (Å²) in [6, 6.07) is 19.3. The summed E-state index contributed by atoms with van der Waals surface area (Å²) in [6.45, 7) is 5.97. The fourth-order valence-electron chi connectivity index (χ4n) is 2.73. The fraction of sp³-hybridized carbons (Fsp3) is 0.0909. The molecule has 3 rings (SSSR count). The van der Waals surface area contributed by atoms with Gasteiger partial charge < -0.3 is 4.74 Å². The van der Waals surface area contributed by atoms with Crippen molar-refractivity contribution in [3.8, 4) is 5.75 Å². The molecule has 130 valence electrons. The minimum absolute atomic E-state index is 0.242. The van der Waals surface area contributed by atoms with Crippen LogP contribution in [0.25, 0.3) is 10.8 Å². The summed E-state index contributed by atoms with van der Waals surface area (Å²) in [7, 11) is 0. The van der Waals surface area contributed by atoms with Crippen molar-refractivity contribution < 1.29 is 9.53 Å². The summed E-state index contributed by atoms with van der Waals surface area (Å²) >= 11 is 0. The van der Waals surface area contributed by atoms with Crippen LogP contribution in [-0.4, -0.2) is 18.7 Å². The molecule has 1 amide bonds. The van der Waals surface area contributed by atoms with Crippen LogP contribution in [0.15, 0.2) is 78.4 Å². The highest BCUT2D eigenvalue weighted by atomic mass is 16.5. The summed E-state index contributed by atoms with van der Waals surface area (Å²) in [5.74, 6) is 0.450. The molecule has 0 spiro atoms. The van der Waals surface area contributed by atoms with Gasteiger partial charge in [0.25, 0.3) is 5.91 Å². The Morgan fingerprint density at radius 3 is 2.69 bits per heavy atom. The van der Waals surface area contributed by atoms with Gasteiger partial charge in [-0.2, -0.15) is 5.10 Å². The number of nitrogens with zero attached hydrogens (tertiary/aromatic N) is 1. The Morgan fingerprint density at radius 1 is 1.12 bits per heavy atom. The molecule has 0 aromatic heterocycles. The van der Waals surface area contributed by atoms with Gasteiger partial charge in [-0.25, -0.2) is 5.43 Å². The number of hydrogen-bond donors (Lipinski definition) is 1. The molecule has 4 nitrogen and oxygen atoms in total. The van der Waals surface area contributed by atoms with Gasteiger partial charge in [-0.05, 0) is 35.4 Å². The summed E-state index contributed by atoms with van der Waals surface area (Å²) in [4.78, 5) is 12.3. The van der Waals surface area contributed by atoms with Crippen LogP contribution in [0.2, 0.25) is 0 Å². The Kier molecular flexibility index (Phi) is 5.44. The number of fused-ring (bicyclic) bond motifs is 1. The fourth-order valence-corrected chi connectivity index (χ4v) is 2.73. The molecule has 0 radical (unpaired) electrons. The van der Waals surface area contributed by atoms with Crippen LogP contribution >= 0.6 is 0 Å². The topological polar surface area (TPSA) is 50.7 Å². The van der Waals surface area contributed by atoms with Crippen LogP contribution in [0.5, 0.6) is 5.75 Å². The van der Waals surface area contributed by atoms with Crippen molar-refractivity contribution in [2.75, 3.05) is 6.61 Å². The third-order valence-corrected chi connectivity index (χ3v) is 4.04. The van der Waals surface area contributed by atoms with Crippen LogP contribution in [0, 0.1) is 6.92 Å². The van der Waals surface area contributed by atoms with E-state index in [0.29, 0.717) is 17.9 Å². The van der Waals surface area contributed by atoms with Gasteiger partial charge >= 0.3 is 0 Å². The first-order valence-corrected chi connectivity index (χ1v) is 8.35. The van der Waals surface area contributed by atoms with Gasteiger partial charge in [0.1, 0.15) is 12.4 Å². The maximum Gasteiger partial charge on any atom is 0.271 e. The van der Waals surface area contributed by atoms with Gasteiger partial charge in [0.2, 0.25) is 0 Å². The van der Waals surface area contributed by atoms with Crippen molar-refractivity contribution >= 4 is 22.9 Å². The van der Waals surface area contributed by atoms with Gasteiger partial charge in [-0.1, -0.05) is 61.2 Å². The Hall–Kier alpha value is -3.40. The zero-order valence-electron chi connectivity index (χ0n) is 14.6. The van der Waals surface area contributed by atoms with E-state index in [4.69, 9.17) is 4.74 Å². The molecule has 0 atom stereocenters. The Bertz CT molecular complexity index is 977. The quantitative estimate of drug-likeness (QED) is 0.407. The van der Waals surface area contributed by atoms with Gasteiger partial charge in [-0.3, -0.25) is 4.79 Å². The number of ether oxygens (including phenoxy) is 1. The summed E-state index contributed by atoms with van der Waals surface area (Å²) in [6.07, 6.45) is 3.31. The molecule has 1 N–H and O–H groups in total. The largest absolute Gasteiger partial charge is 0.489 e. The van der Waals surface area contributed by atoms with Gasteiger partial charge in [0.15, 0.2) is 0 Å². The maximum atomic E-state index is 12.3. The van der Waals surface area contributed by atoms with E-state index in [-0.39, 0.29) is 5.91 Å². The zero-order valence-corrected chi connectivity index (χ0v) is 14.6. The highest BCUT2D eigenvalue weighted by Crippen LogP contribution is 2.26. The number of nitrogens with one attached hydrogen (secondary N) is 1. The number of hydrazone groups is 1. The molecule has 4 heteroatoms. The lowest BCUT2D eigenvalue weighted by Gasteiger charge is -2.10. The number of rotatable bonds is 6. The van der Waals surface area contributed by atoms with Crippen LogP contribution in [0.4, 0.5) is 0 Å². The van der Waals surface area contributed by atoms with Crippen LogP contribution in [-0.2, 0) is 0 Å². The van der Waals surface area contributed by atoms with E-state index in [2.05, 4.69) is 17.1 Å². The van der Waals surface area contributed by atoms with E-state index in [1.54, 1.807) is 18.4 Å². The standard InChI is InChI=1S/C22H20N2O2/c1-3-14-26-21-13-12-17-9-5-7-11-19(17)20(21)15-23-24-22(25)18-10-6-4-8-16(18)2/h3-13,15H,1,14H2,2H3,(H,24,25)/b23-15-. The lowest BCUT2D eigenvalue weighted by atomic mass is 10.0. The van der Waals surface area contributed by atoms with Gasteiger partial charge in [0, 0.05) is 11.1 Å². The molecule has 0 aliphatic carbocycles. The lowest BCUT2D eigenvalue weighted by Crippen LogP contribution is -2.18. The second kappa shape index (κ2) is 8.12. The number of amides is 1. The predicted octanol–water partition coefficient (Wildman–Crippen LogP) is 4.48. The molecule has 26 heavy (non-hydrogen) atoms. The van der Waals surface area contributed by atoms with Crippen LogP contribution in [0.3, 0.4) is 0 Å². The van der Waals surface area contributed by atoms with Crippen molar-refractivity contribution in [1.82, 2.24) is 5.43 Å². The molecular weight excluding hydrogens is 324 g/mol. The summed E-state index contributed by atoms with van der Waals surface area (Å²) in [5.41, 5.74) is 4.91. The second-order valence-corrected chi connectivity index (χ2v) is 5.81. The van der Waals surface area contributed by atoms with Crippen molar-refractivity contribution in [2.24, 2.45) is 5.10 Å². The molecule has 0 saturated carbocycles. The summed E-state index contributed by atoms with van der Waals surface area (Å²) < 4.78 is 5.73. The highest BCUT2D eigenvalue weighted by molar-refractivity contribution is 6.03. The number of carbonyl (C=O) groups is 1. The molecule has 0 fully saturated rings. The number of benzene rings is 3. The first kappa shape index (κ1) is 17.4. The molecule has 0 saturated heterocycles. The van der Waals surface area contributed by atoms with E-state index in [9.17, 15) is 4.79 Å². The average Bonchev–Trinajstić information content (AvgIpc) is 2.67. The van der Waals surface area contributed by atoms with Crippen molar-refractivity contribution in [2.45, 2.75) is 6.92 Å². The third kappa shape index (κ3) is 3.81. The minimum atomic E-state index is -0.242. The van der Waals surface area contributed by atoms with Crippen LogP contribution < -0.4 is 10.2 Å². The average molecular weight is 344 g/mol. The minimum Gasteiger partial charge on any atom is -0.489 e. The van der Waals surface area contributed by atoms with E-state index in [0.717, 1.165) is 21.9 Å². The number of carbonyl (C=O) groups excluding carboxylic acids is 1. The SMILES string of the molecule is C=CCOc1ccc2ccccc2c1/C=N\NC(=O)c1ccccc1C. The Morgan fingerprint density at radius 2 is 1.88 bits per heavy atom. The van der Waals surface area contributed by atoms with E-state index >= 15 is 0 Å². The smallest absolute Gasteiger partial charge is 0.271 e. The van der Waals surface area contributed by atoms with E-state index in [1.165, 1.54) is 0 Å². The first-order chi connectivity index (χ1) is 12.7. The van der Waals surface area contributed by atoms with Crippen molar-refractivity contribution in [1.29, 1.82) is 0 Å². The molecule has 0 aliphatic heterocycles. The Labute approximate surface area is 152 Å². The predicted molar refractivity (Wildman–Crippen MR) is 106 cm³/mol. The number of hydrogen-bond acceptors (Lipinski definition) is 3. The molecule has 0 bridgehead atoms.